The zero-order chi connectivity index (χ0) is 12.0. The van der Waals surface area contributed by atoms with Crippen LogP contribution in [0.15, 0.2) is 24.3 Å². The molecule has 0 saturated heterocycles. The van der Waals surface area contributed by atoms with E-state index in [0.29, 0.717) is 0 Å². The highest BCUT2D eigenvalue weighted by molar-refractivity contribution is 5.28. The van der Waals surface area contributed by atoms with Crippen molar-refractivity contribution in [1.29, 1.82) is 0 Å². The van der Waals surface area contributed by atoms with E-state index in [4.69, 9.17) is 10.5 Å². The van der Waals surface area contributed by atoms with Gasteiger partial charge in [0.2, 0.25) is 0 Å². The molecule has 1 atom stereocenters. The molecule has 0 saturated carbocycles. The van der Waals surface area contributed by atoms with Crippen molar-refractivity contribution >= 4 is 0 Å². The Morgan fingerprint density at radius 3 is 2.25 bits per heavy atom. The van der Waals surface area contributed by atoms with Gasteiger partial charge >= 0.3 is 0 Å². The molecule has 0 spiro atoms. The van der Waals surface area contributed by atoms with Crippen LogP contribution < -0.4 is 10.5 Å². The highest BCUT2D eigenvalue weighted by Crippen LogP contribution is 2.16. The second-order valence-corrected chi connectivity index (χ2v) is 4.74. The quantitative estimate of drug-likeness (QED) is 0.746. The minimum absolute atomic E-state index is 0.0926. The van der Waals surface area contributed by atoms with E-state index in [1.807, 2.05) is 31.2 Å². The van der Waals surface area contributed by atoms with Gasteiger partial charge in [0.15, 0.2) is 0 Å². The van der Waals surface area contributed by atoms with Gasteiger partial charge in [-0.25, -0.2) is 0 Å². The molecule has 0 radical (unpaired) electrons. The number of hydrogen-bond donors (Lipinski definition) is 1. The van der Waals surface area contributed by atoms with Gasteiger partial charge in [-0.15, -0.1) is 0 Å². The topological polar surface area (TPSA) is 35.2 Å². The van der Waals surface area contributed by atoms with E-state index in [-0.39, 0.29) is 6.04 Å². The second kappa shape index (κ2) is 6.54. The van der Waals surface area contributed by atoms with Gasteiger partial charge in [-0.3, -0.25) is 0 Å². The van der Waals surface area contributed by atoms with E-state index < -0.39 is 0 Å². The van der Waals surface area contributed by atoms with Crippen LogP contribution in [0.25, 0.3) is 0 Å². The first kappa shape index (κ1) is 13.0. The minimum Gasteiger partial charge on any atom is -0.494 e. The molecule has 0 heterocycles. The van der Waals surface area contributed by atoms with Gasteiger partial charge in [-0.1, -0.05) is 26.0 Å². The third kappa shape index (κ3) is 4.67. The fourth-order valence-electron chi connectivity index (χ4n) is 1.55. The average molecular weight is 221 g/mol. The Bertz CT molecular complexity index is 290. The molecule has 0 aromatic heterocycles. The summed E-state index contributed by atoms with van der Waals surface area (Å²) in [5.41, 5.74) is 6.93. The molecule has 1 aromatic rings. The Morgan fingerprint density at radius 2 is 1.75 bits per heavy atom. The summed E-state index contributed by atoms with van der Waals surface area (Å²) in [5.74, 6) is 1.69. The van der Waals surface area contributed by atoms with Crippen LogP contribution in [0, 0.1) is 5.92 Å². The Morgan fingerprint density at radius 1 is 1.12 bits per heavy atom. The number of nitrogens with two attached hydrogens (primary N) is 1. The first-order chi connectivity index (χ1) is 7.59. The van der Waals surface area contributed by atoms with Gasteiger partial charge in [0.25, 0.3) is 0 Å². The van der Waals surface area contributed by atoms with Crippen LogP contribution in [-0.4, -0.2) is 6.61 Å². The van der Waals surface area contributed by atoms with Gasteiger partial charge in [-0.2, -0.15) is 0 Å². The van der Waals surface area contributed by atoms with Crippen molar-refractivity contribution < 1.29 is 4.74 Å². The number of rotatable bonds is 6. The van der Waals surface area contributed by atoms with E-state index >= 15 is 0 Å². The van der Waals surface area contributed by atoms with E-state index in [1.165, 1.54) is 6.42 Å². The largest absolute Gasteiger partial charge is 0.494 e. The van der Waals surface area contributed by atoms with E-state index in [1.54, 1.807) is 0 Å². The number of ether oxygens (including phenoxy) is 1. The first-order valence-electron chi connectivity index (χ1n) is 6.08. The summed E-state index contributed by atoms with van der Waals surface area (Å²) >= 11 is 0. The molecule has 1 rings (SSSR count). The summed E-state index contributed by atoms with van der Waals surface area (Å²) in [6, 6.07) is 8.14. The first-order valence-corrected chi connectivity index (χ1v) is 6.08. The maximum absolute atomic E-state index is 5.78. The Kier molecular flexibility index (Phi) is 5.33. The lowest BCUT2D eigenvalue weighted by Gasteiger charge is -2.09. The lowest BCUT2D eigenvalue weighted by Crippen LogP contribution is -2.05. The van der Waals surface area contributed by atoms with Gasteiger partial charge < -0.3 is 10.5 Å². The minimum atomic E-state index is 0.0926. The summed E-state index contributed by atoms with van der Waals surface area (Å²) in [6.45, 7) is 7.25. The van der Waals surface area contributed by atoms with Gasteiger partial charge in [0, 0.05) is 6.04 Å². The molecule has 0 aliphatic rings. The van der Waals surface area contributed by atoms with Crippen LogP contribution in [0.5, 0.6) is 5.75 Å². The lowest BCUT2D eigenvalue weighted by molar-refractivity contribution is 0.297. The van der Waals surface area contributed by atoms with E-state index in [2.05, 4.69) is 13.8 Å². The molecule has 2 heteroatoms. The molecule has 0 unspecified atom stereocenters. The van der Waals surface area contributed by atoms with Crippen molar-refractivity contribution in [1.82, 2.24) is 0 Å². The number of benzene rings is 1. The fraction of sp³-hybridized carbons (Fsp3) is 0.571. The van der Waals surface area contributed by atoms with Crippen LogP contribution in [0.1, 0.15) is 45.2 Å². The predicted molar refractivity (Wildman–Crippen MR) is 68.6 cm³/mol. The molecule has 90 valence electrons. The van der Waals surface area contributed by atoms with Crippen LogP contribution in [-0.2, 0) is 0 Å². The predicted octanol–water partition coefficient (Wildman–Crippen LogP) is 3.52. The van der Waals surface area contributed by atoms with Gasteiger partial charge in [0.1, 0.15) is 5.75 Å². The van der Waals surface area contributed by atoms with Gasteiger partial charge in [0.05, 0.1) is 6.61 Å². The molecule has 2 nitrogen and oxygen atoms in total. The average Bonchev–Trinajstić information content (AvgIpc) is 2.25. The molecule has 1 aromatic carbocycles. The van der Waals surface area contributed by atoms with Crippen molar-refractivity contribution in [2.75, 3.05) is 6.61 Å². The van der Waals surface area contributed by atoms with Gasteiger partial charge in [-0.05, 0) is 43.4 Å². The van der Waals surface area contributed by atoms with Crippen LogP contribution in [0.2, 0.25) is 0 Å². The third-order valence-electron chi connectivity index (χ3n) is 2.60. The third-order valence-corrected chi connectivity index (χ3v) is 2.60. The van der Waals surface area contributed by atoms with E-state index in [9.17, 15) is 0 Å². The molecule has 16 heavy (non-hydrogen) atoms. The summed E-state index contributed by atoms with van der Waals surface area (Å²) in [7, 11) is 0. The molecule has 0 amide bonds. The maximum Gasteiger partial charge on any atom is 0.119 e. The Labute approximate surface area is 98.8 Å². The fourth-order valence-corrected chi connectivity index (χ4v) is 1.55. The lowest BCUT2D eigenvalue weighted by atomic mass is 10.1. The Hall–Kier alpha value is -1.02. The van der Waals surface area contributed by atoms with Crippen molar-refractivity contribution in [3.8, 4) is 5.75 Å². The molecule has 2 N–H and O–H groups in total. The van der Waals surface area contributed by atoms with Crippen molar-refractivity contribution in [2.45, 2.75) is 39.7 Å². The monoisotopic (exact) mass is 221 g/mol. The normalized spacial score (nSPS) is 12.8. The van der Waals surface area contributed by atoms with Crippen LogP contribution in [0.4, 0.5) is 0 Å². The molecule has 0 aliphatic heterocycles. The highest BCUT2D eigenvalue weighted by Gasteiger charge is 2.00. The number of hydrogen-bond acceptors (Lipinski definition) is 2. The molecule has 0 aliphatic carbocycles. The Balaban J connectivity index is 2.32. The summed E-state index contributed by atoms with van der Waals surface area (Å²) in [5, 5.41) is 0. The second-order valence-electron chi connectivity index (χ2n) is 4.74. The molecular formula is C14H23NO. The zero-order valence-electron chi connectivity index (χ0n) is 10.6. The van der Waals surface area contributed by atoms with Crippen molar-refractivity contribution in [3.63, 3.8) is 0 Å². The summed E-state index contributed by atoms with van der Waals surface area (Å²) in [4.78, 5) is 0. The van der Waals surface area contributed by atoms with E-state index in [0.717, 1.165) is 30.3 Å². The standard InChI is InChI=1S/C14H23NO/c1-11(2)5-4-10-16-14-8-6-13(7-9-14)12(3)15/h6-9,11-12H,4-5,10,15H2,1-3H3/t12-/m1/s1. The molecular weight excluding hydrogens is 198 g/mol. The highest BCUT2D eigenvalue weighted by atomic mass is 16.5. The molecule has 0 bridgehead atoms. The zero-order valence-corrected chi connectivity index (χ0v) is 10.6. The maximum atomic E-state index is 5.78. The van der Waals surface area contributed by atoms with Crippen LogP contribution in [0.3, 0.4) is 0 Å². The van der Waals surface area contributed by atoms with Crippen LogP contribution >= 0.6 is 0 Å². The molecule has 0 fully saturated rings. The SMILES string of the molecule is CC(C)CCCOc1ccc([C@@H](C)N)cc1. The smallest absolute Gasteiger partial charge is 0.119 e. The van der Waals surface area contributed by atoms with Crippen molar-refractivity contribution in [2.24, 2.45) is 11.7 Å². The summed E-state index contributed by atoms with van der Waals surface area (Å²) < 4.78 is 5.65. The van der Waals surface area contributed by atoms with Crippen molar-refractivity contribution in [3.05, 3.63) is 29.8 Å². The summed E-state index contributed by atoms with van der Waals surface area (Å²) in [6.07, 6.45) is 2.34.